The van der Waals surface area contributed by atoms with Gasteiger partial charge in [-0.1, -0.05) is 45.4 Å². The molecular formula is C17H33N3O2. The zero-order chi connectivity index (χ0) is 16.0. The van der Waals surface area contributed by atoms with Gasteiger partial charge in [0.15, 0.2) is 0 Å². The van der Waals surface area contributed by atoms with Crippen LogP contribution in [-0.2, 0) is 4.79 Å². The van der Waals surface area contributed by atoms with Gasteiger partial charge in [-0.25, -0.2) is 0 Å². The Kier molecular flexibility index (Phi) is 10.7. The van der Waals surface area contributed by atoms with E-state index in [4.69, 9.17) is 5.11 Å². The number of nitrogens with one attached hydrogen (secondary N) is 1. The fourth-order valence-corrected chi connectivity index (χ4v) is 2.78. The lowest BCUT2D eigenvalue weighted by atomic mass is 10.1. The van der Waals surface area contributed by atoms with E-state index in [0.717, 1.165) is 32.6 Å². The molecule has 0 saturated carbocycles. The lowest BCUT2D eigenvalue weighted by molar-refractivity contribution is -0.136. The van der Waals surface area contributed by atoms with Crippen molar-refractivity contribution >= 4 is 11.8 Å². The molecule has 1 rings (SSSR count). The maximum Gasteiger partial charge on any atom is 0.304 e. The molecule has 1 aliphatic rings. The maximum atomic E-state index is 10.4. The number of aliphatic imine (C=N–C) groups is 1. The average Bonchev–Trinajstić information content (AvgIpc) is 2.93. The molecule has 1 aliphatic heterocycles. The second-order valence-electron chi connectivity index (χ2n) is 6.05. The van der Waals surface area contributed by atoms with Gasteiger partial charge in [0, 0.05) is 32.6 Å². The molecule has 5 nitrogen and oxygen atoms in total. The molecule has 0 saturated heterocycles. The highest BCUT2D eigenvalue weighted by Gasteiger charge is 2.15. The van der Waals surface area contributed by atoms with Crippen LogP contribution >= 0.6 is 0 Å². The minimum absolute atomic E-state index is 0.193. The predicted molar refractivity (Wildman–Crippen MR) is 91.6 cm³/mol. The zero-order valence-electron chi connectivity index (χ0n) is 14.1. The van der Waals surface area contributed by atoms with Gasteiger partial charge in [0.2, 0.25) is 0 Å². The Bertz CT molecular complexity index is 332. The number of hydrogen-bond acceptors (Lipinski definition) is 4. The number of aliphatic carboxylic acids is 1. The van der Waals surface area contributed by atoms with Crippen molar-refractivity contribution in [1.82, 2.24) is 10.2 Å². The molecule has 0 aromatic rings. The summed E-state index contributed by atoms with van der Waals surface area (Å²) in [5.74, 6) is 0.517. The van der Waals surface area contributed by atoms with Crippen LogP contribution < -0.4 is 5.32 Å². The number of carbonyl (C=O) groups is 1. The second kappa shape index (κ2) is 12.4. The third kappa shape index (κ3) is 9.03. The molecule has 0 amide bonds. The van der Waals surface area contributed by atoms with Crippen LogP contribution in [0.5, 0.6) is 0 Å². The fraction of sp³-hybridized carbons (Fsp3) is 0.882. The molecule has 22 heavy (non-hydrogen) atoms. The first-order valence-electron chi connectivity index (χ1n) is 8.94. The summed E-state index contributed by atoms with van der Waals surface area (Å²) in [5, 5.41) is 11.8. The van der Waals surface area contributed by atoms with E-state index in [2.05, 4.69) is 22.1 Å². The Balaban J connectivity index is 2.01. The normalized spacial score (nSPS) is 14.4. The molecule has 0 aromatic heterocycles. The summed E-state index contributed by atoms with van der Waals surface area (Å²) < 4.78 is 0. The van der Waals surface area contributed by atoms with E-state index in [1.54, 1.807) is 0 Å². The van der Waals surface area contributed by atoms with Gasteiger partial charge >= 0.3 is 5.97 Å². The Labute approximate surface area is 135 Å². The highest BCUT2D eigenvalue weighted by atomic mass is 16.4. The van der Waals surface area contributed by atoms with Crippen LogP contribution in [0.15, 0.2) is 4.99 Å². The summed E-state index contributed by atoms with van der Waals surface area (Å²) in [6.45, 7) is 6.52. The summed E-state index contributed by atoms with van der Waals surface area (Å²) in [5.41, 5.74) is 0. The number of rotatable bonds is 14. The quantitative estimate of drug-likeness (QED) is 0.484. The van der Waals surface area contributed by atoms with Crippen LogP contribution in [0.1, 0.15) is 64.7 Å². The Hall–Kier alpha value is -1.10. The van der Waals surface area contributed by atoms with Crippen molar-refractivity contribution in [2.24, 2.45) is 4.99 Å². The molecule has 0 radical (unpaired) electrons. The van der Waals surface area contributed by atoms with Crippen LogP contribution in [-0.4, -0.2) is 54.5 Å². The first kappa shape index (κ1) is 18.9. The van der Waals surface area contributed by atoms with Crippen molar-refractivity contribution in [2.45, 2.75) is 64.7 Å². The van der Waals surface area contributed by atoms with Crippen LogP contribution in [0.2, 0.25) is 0 Å². The standard InChI is InChI=1S/C17H33N3O2/c1-2-3-4-5-6-7-8-9-16-19-13-15-20(16)14-12-18-11-10-17(21)22/h18H,2-15H2,1H3,(H,21,22). The van der Waals surface area contributed by atoms with Crippen LogP contribution in [0.25, 0.3) is 0 Å². The Morgan fingerprint density at radius 1 is 1.18 bits per heavy atom. The van der Waals surface area contributed by atoms with E-state index in [0.29, 0.717) is 6.54 Å². The summed E-state index contributed by atoms with van der Waals surface area (Å²) >= 11 is 0. The number of carboxylic acid groups (broad SMARTS) is 1. The molecule has 1 heterocycles. The molecule has 128 valence electrons. The van der Waals surface area contributed by atoms with Gasteiger partial charge < -0.3 is 15.3 Å². The van der Waals surface area contributed by atoms with Crippen molar-refractivity contribution in [2.75, 3.05) is 32.7 Å². The molecule has 0 aliphatic carbocycles. The van der Waals surface area contributed by atoms with Crippen molar-refractivity contribution in [3.8, 4) is 0 Å². The van der Waals surface area contributed by atoms with E-state index in [1.807, 2.05) is 0 Å². The molecular weight excluding hydrogens is 278 g/mol. The highest BCUT2D eigenvalue weighted by Crippen LogP contribution is 2.12. The number of amidine groups is 1. The second-order valence-corrected chi connectivity index (χ2v) is 6.05. The number of carboxylic acids is 1. The van der Waals surface area contributed by atoms with Crippen LogP contribution in [0.3, 0.4) is 0 Å². The summed E-state index contributed by atoms with van der Waals surface area (Å²) in [4.78, 5) is 17.4. The largest absolute Gasteiger partial charge is 0.481 e. The van der Waals surface area contributed by atoms with Crippen molar-refractivity contribution in [3.05, 3.63) is 0 Å². The van der Waals surface area contributed by atoms with Crippen molar-refractivity contribution in [3.63, 3.8) is 0 Å². The van der Waals surface area contributed by atoms with E-state index < -0.39 is 5.97 Å². The first-order chi connectivity index (χ1) is 10.7. The lowest BCUT2D eigenvalue weighted by Gasteiger charge is -2.20. The van der Waals surface area contributed by atoms with Crippen LogP contribution in [0.4, 0.5) is 0 Å². The number of unbranched alkanes of at least 4 members (excludes halogenated alkanes) is 6. The predicted octanol–water partition coefficient (Wildman–Crippen LogP) is 2.91. The van der Waals surface area contributed by atoms with Crippen molar-refractivity contribution in [1.29, 1.82) is 0 Å². The van der Waals surface area contributed by atoms with E-state index >= 15 is 0 Å². The van der Waals surface area contributed by atoms with Gasteiger partial charge in [0.25, 0.3) is 0 Å². The maximum absolute atomic E-state index is 10.4. The number of hydrogen-bond donors (Lipinski definition) is 2. The SMILES string of the molecule is CCCCCCCCCC1=NCCN1CCNCCC(=O)O. The third-order valence-electron chi connectivity index (χ3n) is 4.11. The Morgan fingerprint density at radius 2 is 1.91 bits per heavy atom. The van der Waals surface area contributed by atoms with E-state index in [-0.39, 0.29) is 6.42 Å². The average molecular weight is 311 g/mol. The fourth-order valence-electron chi connectivity index (χ4n) is 2.78. The first-order valence-corrected chi connectivity index (χ1v) is 8.94. The topological polar surface area (TPSA) is 64.9 Å². The lowest BCUT2D eigenvalue weighted by Crippen LogP contribution is -2.35. The van der Waals surface area contributed by atoms with Gasteiger partial charge in [-0.3, -0.25) is 9.79 Å². The molecule has 0 bridgehead atoms. The van der Waals surface area contributed by atoms with Gasteiger partial charge in [0.05, 0.1) is 18.8 Å². The molecule has 2 N–H and O–H groups in total. The number of nitrogens with zero attached hydrogens (tertiary/aromatic N) is 2. The van der Waals surface area contributed by atoms with Crippen LogP contribution in [0, 0.1) is 0 Å². The molecule has 0 spiro atoms. The van der Waals surface area contributed by atoms with E-state index in [1.165, 1.54) is 50.8 Å². The van der Waals surface area contributed by atoms with Gasteiger partial charge in [0.1, 0.15) is 0 Å². The molecule has 0 fully saturated rings. The zero-order valence-corrected chi connectivity index (χ0v) is 14.1. The Morgan fingerprint density at radius 3 is 2.64 bits per heavy atom. The van der Waals surface area contributed by atoms with Gasteiger partial charge in [-0.2, -0.15) is 0 Å². The van der Waals surface area contributed by atoms with Gasteiger partial charge in [-0.05, 0) is 6.42 Å². The minimum atomic E-state index is -0.741. The highest BCUT2D eigenvalue weighted by molar-refractivity contribution is 5.83. The summed E-state index contributed by atoms with van der Waals surface area (Å²) in [6, 6.07) is 0. The van der Waals surface area contributed by atoms with E-state index in [9.17, 15) is 4.79 Å². The molecule has 5 heteroatoms. The summed E-state index contributed by atoms with van der Waals surface area (Å²) in [6.07, 6.45) is 10.6. The molecule has 0 aromatic carbocycles. The van der Waals surface area contributed by atoms with Gasteiger partial charge in [-0.15, -0.1) is 0 Å². The summed E-state index contributed by atoms with van der Waals surface area (Å²) in [7, 11) is 0. The molecule has 0 unspecified atom stereocenters. The third-order valence-corrected chi connectivity index (χ3v) is 4.11. The molecule has 0 atom stereocenters. The monoisotopic (exact) mass is 311 g/mol. The van der Waals surface area contributed by atoms with Crippen molar-refractivity contribution < 1.29 is 9.90 Å². The smallest absolute Gasteiger partial charge is 0.304 e. The minimum Gasteiger partial charge on any atom is -0.481 e.